The van der Waals surface area contributed by atoms with Gasteiger partial charge in [0.05, 0.1) is 16.5 Å². The molecule has 1 aromatic carbocycles. The predicted molar refractivity (Wildman–Crippen MR) is 97.4 cm³/mol. The van der Waals surface area contributed by atoms with Crippen molar-refractivity contribution < 1.29 is 26.4 Å². The summed E-state index contributed by atoms with van der Waals surface area (Å²) in [7, 11) is -4.34. The molecule has 1 saturated carbocycles. The highest BCUT2D eigenvalue weighted by atomic mass is 35.5. The first kappa shape index (κ1) is 21.4. The van der Waals surface area contributed by atoms with Crippen LogP contribution in [-0.4, -0.2) is 61.8 Å². The van der Waals surface area contributed by atoms with E-state index in [1.54, 1.807) is 6.92 Å². The number of amides is 1. The summed E-state index contributed by atoms with van der Waals surface area (Å²) in [5.41, 5.74) is -1.28. The molecule has 156 valence electrons. The Hall–Kier alpha value is -1.36. The second-order valence-electron chi connectivity index (χ2n) is 7.04. The molecule has 2 fully saturated rings. The summed E-state index contributed by atoms with van der Waals surface area (Å²) in [6.07, 6.45) is -2.91. The van der Waals surface area contributed by atoms with Gasteiger partial charge >= 0.3 is 6.18 Å². The van der Waals surface area contributed by atoms with E-state index in [1.165, 1.54) is 0 Å². The Balaban J connectivity index is 1.72. The zero-order valence-electron chi connectivity index (χ0n) is 15.2. The normalized spacial score (nSPS) is 20.8. The minimum atomic E-state index is -4.84. The summed E-state index contributed by atoms with van der Waals surface area (Å²) in [5, 5.41) is 2.71. The maximum atomic E-state index is 13.3. The molecular weight excluding hydrogens is 419 g/mol. The molecule has 2 aliphatic rings. The molecule has 1 aliphatic carbocycles. The van der Waals surface area contributed by atoms with Crippen molar-refractivity contribution in [1.82, 2.24) is 14.5 Å². The Morgan fingerprint density at radius 1 is 1.21 bits per heavy atom. The molecule has 1 N–H and O–H groups in total. The number of sulfonamides is 1. The van der Waals surface area contributed by atoms with Gasteiger partial charge in [-0.15, -0.1) is 0 Å². The van der Waals surface area contributed by atoms with Gasteiger partial charge in [-0.2, -0.15) is 17.5 Å². The molecule has 1 aromatic rings. The number of carbonyl (C=O) groups excluding carboxylic acids is 1. The molecular formula is C17H21ClF3N3O3S. The first-order chi connectivity index (χ1) is 13.0. The number of hydrogen-bond donors (Lipinski definition) is 1. The average Bonchev–Trinajstić information content (AvgIpc) is 3.44. The highest BCUT2D eigenvalue weighted by molar-refractivity contribution is 7.89. The molecule has 3 rings (SSSR count). The number of nitrogens with zero attached hydrogens (tertiary/aromatic N) is 2. The monoisotopic (exact) mass is 439 g/mol. The van der Waals surface area contributed by atoms with Crippen molar-refractivity contribution in [1.29, 1.82) is 0 Å². The number of hydrogen-bond acceptors (Lipinski definition) is 4. The van der Waals surface area contributed by atoms with Crippen LogP contribution in [0.4, 0.5) is 13.2 Å². The quantitative estimate of drug-likeness (QED) is 0.764. The fourth-order valence-corrected chi connectivity index (χ4v) is 4.92. The SMILES string of the molecule is C[C@H](C(=O)NC1CC1)N1CCN(S(=O)(=O)c2ccc(Cl)cc2C(F)(F)F)CC1. The van der Waals surface area contributed by atoms with Crippen LogP contribution in [0.2, 0.25) is 5.02 Å². The van der Waals surface area contributed by atoms with E-state index in [-0.39, 0.29) is 43.2 Å². The molecule has 1 atom stereocenters. The Labute approximate surface area is 166 Å². The summed E-state index contributed by atoms with van der Waals surface area (Å²) in [5.74, 6) is -0.115. The molecule has 1 amide bonds. The van der Waals surface area contributed by atoms with Crippen LogP contribution in [0, 0.1) is 0 Å². The molecule has 28 heavy (non-hydrogen) atoms. The number of benzene rings is 1. The molecule has 1 heterocycles. The highest BCUT2D eigenvalue weighted by Crippen LogP contribution is 2.37. The maximum Gasteiger partial charge on any atom is 0.417 e. The van der Waals surface area contributed by atoms with Crippen molar-refractivity contribution in [3.8, 4) is 0 Å². The summed E-state index contributed by atoms with van der Waals surface area (Å²) < 4.78 is 66.5. The molecule has 0 spiro atoms. The van der Waals surface area contributed by atoms with E-state index in [9.17, 15) is 26.4 Å². The fraction of sp³-hybridized carbons (Fsp3) is 0.588. The molecule has 0 bridgehead atoms. The zero-order valence-corrected chi connectivity index (χ0v) is 16.7. The van der Waals surface area contributed by atoms with E-state index < -0.39 is 32.7 Å². The Morgan fingerprint density at radius 3 is 2.36 bits per heavy atom. The van der Waals surface area contributed by atoms with Crippen molar-refractivity contribution in [3.63, 3.8) is 0 Å². The summed E-state index contributed by atoms with van der Waals surface area (Å²) in [6.45, 7) is 2.26. The van der Waals surface area contributed by atoms with E-state index in [2.05, 4.69) is 5.32 Å². The third-order valence-corrected chi connectivity index (χ3v) is 7.18. The van der Waals surface area contributed by atoms with Gasteiger partial charge in [0.15, 0.2) is 0 Å². The largest absolute Gasteiger partial charge is 0.417 e. The molecule has 1 saturated heterocycles. The molecule has 0 aromatic heterocycles. The van der Waals surface area contributed by atoms with E-state index in [4.69, 9.17) is 11.6 Å². The van der Waals surface area contributed by atoms with Gasteiger partial charge in [0.25, 0.3) is 0 Å². The van der Waals surface area contributed by atoms with Gasteiger partial charge in [-0.3, -0.25) is 9.69 Å². The van der Waals surface area contributed by atoms with Crippen molar-refractivity contribution in [2.24, 2.45) is 0 Å². The summed E-state index contributed by atoms with van der Waals surface area (Å²) in [6, 6.07) is 2.44. The van der Waals surface area contributed by atoms with E-state index in [0.29, 0.717) is 6.07 Å². The standard InChI is InChI=1S/C17H21ClF3N3O3S/c1-11(16(25)22-13-3-4-13)23-6-8-24(9-7-23)28(26,27)15-5-2-12(18)10-14(15)17(19,20)21/h2,5,10-11,13H,3-4,6-9H2,1H3,(H,22,25)/t11-/m1/s1. The number of halogens is 4. The molecule has 11 heteroatoms. The van der Waals surface area contributed by atoms with Crippen LogP contribution in [0.3, 0.4) is 0 Å². The van der Waals surface area contributed by atoms with Crippen molar-refractivity contribution >= 4 is 27.5 Å². The summed E-state index contributed by atoms with van der Waals surface area (Å²) >= 11 is 5.63. The van der Waals surface area contributed by atoms with Gasteiger partial charge in [-0.25, -0.2) is 8.42 Å². The van der Waals surface area contributed by atoms with Crippen molar-refractivity contribution in [3.05, 3.63) is 28.8 Å². The first-order valence-electron chi connectivity index (χ1n) is 8.91. The minimum Gasteiger partial charge on any atom is -0.352 e. The zero-order chi connectivity index (χ0) is 20.7. The number of carbonyl (C=O) groups is 1. The molecule has 0 radical (unpaired) electrons. The topological polar surface area (TPSA) is 69.7 Å². The molecule has 0 unspecified atom stereocenters. The Kier molecular flexibility index (Phi) is 5.96. The van der Waals surface area contributed by atoms with Gasteiger partial charge in [-0.1, -0.05) is 11.6 Å². The number of piperazine rings is 1. The van der Waals surface area contributed by atoms with Crippen LogP contribution in [0.5, 0.6) is 0 Å². The third-order valence-electron chi connectivity index (χ3n) is 4.99. The molecule has 1 aliphatic heterocycles. The van der Waals surface area contributed by atoms with E-state index >= 15 is 0 Å². The van der Waals surface area contributed by atoms with Crippen LogP contribution in [0.15, 0.2) is 23.1 Å². The minimum absolute atomic E-state index is 0.00328. The smallest absolute Gasteiger partial charge is 0.352 e. The van der Waals surface area contributed by atoms with Gasteiger partial charge in [-0.05, 0) is 38.0 Å². The maximum absolute atomic E-state index is 13.3. The van der Waals surface area contributed by atoms with E-state index in [1.807, 2.05) is 4.90 Å². The lowest BCUT2D eigenvalue weighted by molar-refractivity contribution is -0.140. The van der Waals surface area contributed by atoms with Crippen LogP contribution in [-0.2, 0) is 21.0 Å². The number of nitrogens with one attached hydrogen (secondary N) is 1. The van der Waals surface area contributed by atoms with Crippen molar-refractivity contribution in [2.75, 3.05) is 26.2 Å². The van der Waals surface area contributed by atoms with Crippen LogP contribution in [0.1, 0.15) is 25.3 Å². The van der Waals surface area contributed by atoms with Crippen LogP contribution < -0.4 is 5.32 Å². The van der Waals surface area contributed by atoms with Crippen LogP contribution >= 0.6 is 11.6 Å². The lowest BCUT2D eigenvalue weighted by atomic mass is 10.2. The van der Waals surface area contributed by atoms with Crippen LogP contribution in [0.25, 0.3) is 0 Å². The third kappa shape index (κ3) is 4.61. The van der Waals surface area contributed by atoms with Gasteiger partial charge in [0.2, 0.25) is 15.9 Å². The lowest BCUT2D eigenvalue weighted by Gasteiger charge is -2.37. The summed E-state index contributed by atoms with van der Waals surface area (Å²) in [4.78, 5) is 13.2. The number of alkyl halides is 3. The Morgan fingerprint density at radius 2 is 1.82 bits per heavy atom. The second-order valence-corrected chi connectivity index (χ2v) is 9.38. The average molecular weight is 440 g/mol. The van der Waals surface area contributed by atoms with Gasteiger partial charge < -0.3 is 5.32 Å². The fourth-order valence-electron chi connectivity index (χ4n) is 3.13. The lowest BCUT2D eigenvalue weighted by Crippen LogP contribution is -2.55. The molecule has 6 nitrogen and oxygen atoms in total. The van der Waals surface area contributed by atoms with Gasteiger partial charge in [0.1, 0.15) is 0 Å². The van der Waals surface area contributed by atoms with E-state index in [0.717, 1.165) is 29.3 Å². The van der Waals surface area contributed by atoms with Crippen molar-refractivity contribution in [2.45, 2.75) is 42.9 Å². The highest BCUT2D eigenvalue weighted by Gasteiger charge is 2.40. The second kappa shape index (κ2) is 7.81. The Bertz CT molecular complexity index is 851. The number of rotatable bonds is 5. The predicted octanol–water partition coefficient (Wildman–Crippen LogP) is 2.33. The first-order valence-corrected chi connectivity index (χ1v) is 10.7. The van der Waals surface area contributed by atoms with Gasteiger partial charge in [0, 0.05) is 37.2 Å².